The van der Waals surface area contributed by atoms with Gasteiger partial charge in [0.25, 0.3) is 0 Å². The number of piperidine rings is 1. The lowest BCUT2D eigenvalue weighted by molar-refractivity contribution is -0.176. The standard InChI is InChI=1S/C11H15F3N4/c12-11(13,14)8-2-1-5-18(7-8)10-4-3-9(6-15)16-17-10/h3-4,8H,1-2,5-7,15H2. The van der Waals surface area contributed by atoms with Gasteiger partial charge in [0, 0.05) is 19.6 Å². The summed E-state index contributed by atoms with van der Waals surface area (Å²) >= 11 is 0. The summed E-state index contributed by atoms with van der Waals surface area (Å²) in [7, 11) is 0. The Morgan fingerprint density at radius 3 is 2.67 bits per heavy atom. The lowest BCUT2D eigenvalue weighted by Gasteiger charge is -2.34. The fraction of sp³-hybridized carbons (Fsp3) is 0.636. The molecule has 4 nitrogen and oxygen atoms in total. The van der Waals surface area contributed by atoms with Crippen LogP contribution in [0.5, 0.6) is 0 Å². The number of hydrogen-bond acceptors (Lipinski definition) is 4. The number of halogens is 3. The number of nitrogens with two attached hydrogens (primary N) is 1. The largest absolute Gasteiger partial charge is 0.393 e. The van der Waals surface area contributed by atoms with E-state index >= 15 is 0 Å². The summed E-state index contributed by atoms with van der Waals surface area (Å²) in [6.07, 6.45) is -3.43. The van der Waals surface area contributed by atoms with E-state index in [4.69, 9.17) is 5.73 Å². The summed E-state index contributed by atoms with van der Waals surface area (Å²) in [4.78, 5) is 1.63. The Labute approximate surface area is 103 Å². The lowest BCUT2D eigenvalue weighted by atomic mass is 9.97. The number of aromatic nitrogens is 2. The zero-order chi connectivity index (χ0) is 13.2. The van der Waals surface area contributed by atoms with E-state index in [1.54, 1.807) is 17.0 Å². The second-order valence-electron chi connectivity index (χ2n) is 4.41. The van der Waals surface area contributed by atoms with E-state index in [1.807, 2.05) is 0 Å². The third-order valence-corrected chi connectivity index (χ3v) is 3.12. The molecule has 1 aromatic heterocycles. The van der Waals surface area contributed by atoms with Crippen molar-refractivity contribution in [2.75, 3.05) is 18.0 Å². The van der Waals surface area contributed by atoms with Crippen molar-refractivity contribution in [1.29, 1.82) is 0 Å². The summed E-state index contributed by atoms with van der Waals surface area (Å²) in [6, 6.07) is 3.37. The van der Waals surface area contributed by atoms with Gasteiger partial charge < -0.3 is 10.6 Å². The van der Waals surface area contributed by atoms with Crippen molar-refractivity contribution in [2.45, 2.75) is 25.6 Å². The van der Waals surface area contributed by atoms with Gasteiger partial charge in [0.2, 0.25) is 0 Å². The normalized spacial score (nSPS) is 21.1. The van der Waals surface area contributed by atoms with Gasteiger partial charge in [-0.15, -0.1) is 5.10 Å². The van der Waals surface area contributed by atoms with E-state index in [1.165, 1.54) is 0 Å². The number of nitrogens with zero attached hydrogens (tertiary/aromatic N) is 3. The van der Waals surface area contributed by atoms with Crippen molar-refractivity contribution in [3.63, 3.8) is 0 Å². The topological polar surface area (TPSA) is 55.0 Å². The summed E-state index contributed by atoms with van der Waals surface area (Å²) in [5, 5.41) is 7.78. The predicted molar refractivity (Wildman–Crippen MR) is 60.9 cm³/mol. The minimum absolute atomic E-state index is 0.0415. The highest BCUT2D eigenvalue weighted by Crippen LogP contribution is 2.34. The fourth-order valence-corrected chi connectivity index (χ4v) is 2.08. The molecule has 0 radical (unpaired) electrons. The molecule has 1 aliphatic rings. The van der Waals surface area contributed by atoms with Crippen LogP contribution in [0.25, 0.3) is 0 Å². The minimum Gasteiger partial charge on any atom is -0.355 e. The molecule has 0 bridgehead atoms. The van der Waals surface area contributed by atoms with E-state index in [9.17, 15) is 13.2 Å². The number of hydrogen-bond donors (Lipinski definition) is 1. The van der Waals surface area contributed by atoms with Crippen LogP contribution in [0.3, 0.4) is 0 Å². The van der Waals surface area contributed by atoms with Crippen LogP contribution in [0, 0.1) is 5.92 Å². The molecule has 0 spiro atoms. The highest BCUT2D eigenvalue weighted by Gasteiger charge is 2.42. The van der Waals surface area contributed by atoms with Gasteiger partial charge >= 0.3 is 6.18 Å². The Morgan fingerprint density at radius 1 is 1.33 bits per heavy atom. The molecule has 7 heteroatoms. The molecule has 1 unspecified atom stereocenters. The van der Waals surface area contributed by atoms with Crippen molar-refractivity contribution >= 4 is 5.82 Å². The smallest absolute Gasteiger partial charge is 0.355 e. The van der Waals surface area contributed by atoms with Crippen LogP contribution in [0.1, 0.15) is 18.5 Å². The molecule has 1 aromatic rings. The Morgan fingerprint density at radius 2 is 2.11 bits per heavy atom. The first kappa shape index (κ1) is 13.1. The number of anilines is 1. The van der Waals surface area contributed by atoms with E-state index in [0.717, 1.165) is 0 Å². The van der Waals surface area contributed by atoms with E-state index in [0.29, 0.717) is 24.5 Å². The number of alkyl halides is 3. The SMILES string of the molecule is NCc1ccc(N2CCCC(C(F)(F)F)C2)nn1. The fourth-order valence-electron chi connectivity index (χ4n) is 2.08. The van der Waals surface area contributed by atoms with Gasteiger partial charge in [-0.05, 0) is 25.0 Å². The second kappa shape index (κ2) is 5.09. The quantitative estimate of drug-likeness (QED) is 0.879. The first-order chi connectivity index (χ1) is 8.50. The molecule has 0 amide bonds. The molecule has 1 atom stereocenters. The van der Waals surface area contributed by atoms with Gasteiger partial charge in [-0.25, -0.2) is 0 Å². The molecular weight excluding hydrogens is 245 g/mol. The summed E-state index contributed by atoms with van der Waals surface area (Å²) in [5.74, 6) is -0.789. The molecule has 0 saturated carbocycles. The van der Waals surface area contributed by atoms with Crippen LogP contribution < -0.4 is 10.6 Å². The zero-order valence-corrected chi connectivity index (χ0v) is 9.82. The maximum absolute atomic E-state index is 12.7. The van der Waals surface area contributed by atoms with Gasteiger partial charge in [0.05, 0.1) is 11.6 Å². The average Bonchev–Trinajstić information content (AvgIpc) is 2.38. The lowest BCUT2D eigenvalue weighted by Crippen LogP contribution is -2.42. The highest BCUT2D eigenvalue weighted by molar-refractivity contribution is 5.38. The Bertz CT molecular complexity index is 390. The van der Waals surface area contributed by atoms with Crippen molar-refractivity contribution in [3.8, 4) is 0 Å². The Balaban J connectivity index is 2.08. The van der Waals surface area contributed by atoms with E-state index in [-0.39, 0.29) is 19.5 Å². The van der Waals surface area contributed by atoms with E-state index < -0.39 is 12.1 Å². The van der Waals surface area contributed by atoms with Crippen LogP contribution in [-0.2, 0) is 6.54 Å². The van der Waals surface area contributed by atoms with Crippen LogP contribution in [0.2, 0.25) is 0 Å². The molecule has 100 valence electrons. The Kier molecular flexibility index (Phi) is 3.70. The Hall–Kier alpha value is -1.37. The van der Waals surface area contributed by atoms with Crippen LogP contribution in [-0.4, -0.2) is 29.5 Å². The molecule has 2 N–H and O–H groups in total. The van der Waals surface area contributed by atoms with E-state index in [2.05, 4.69) is 10.2 Å². The van der Waals surface area contributed by atoms with Crippen LogP contribution in [0.15, 0.2) is 12.1 Å². The maximum atomic E-state index is 12.7. The average molecular weight is 260 g/mol. The molecule has 2 heterocycles. The van der Waals surface area contributed by atoms with Gasteiger partial charge in [0.1, 0.15) is 0 Å². The third kappa shape index (κ3) is 2.90. The molecule has 1 fully saturated rings. The summed E-state index contributed by atoms with van der Waals surface area (Å²) in [5.41, 5.74) is 6.02. The molecule has 0 aliphatic carbocycles. The molecule has 1 saturated heterocycles. The molecule has 2 rings (SSSR count). The first-order valence-electron chi connectivity index (χ1n) is 5.85. The van der Waals surface area contributed by atoms with Gasteiger partial charge in [0.15, 0.2) is 5.82 Å². The van der Waals surface area contributed by atoms with Crippen LogP contribution in [0.4, 0.5) is 19.0 Å². The van der Waals surface area contributed by atoms with Crippen molar-refractivity contribution in [2.24, 2.45) is 11.7 Å². The first-order valence-corrected chi connectivity index (χ1v) is 5.85. The number of rotatable bonds is 2. The predicted octanol–water partition coefficient (Wildman–Crippen LogP) is 1.71. The molecule has 1 aliphatic heterocycles. The molecule has 0 aromatic carbocycles. The van der Waals surface area contributed by atoms with Crippen molar-refractivity contribution in [1.82, 2.24) is 10.2 Å². The van der Waals surface area contributed by atoms with Gasteiger partial charge in [-0.1, -0.05) is 0 Å². The van der Waals surface area contributed by atoms with Crippen LogP contribution >= 0.6 is 0 Å². The minimum atomic E-state index is -4.14. The zero-order valence-electron chi connectivity index (χ0n) is 9.82. The second-order valence-corrected chi connectivity index (χ2v) is 4.41. The van der Waals surface area contributed by atoms with Crippen molar-refractivity contribution in [3.05, 3.63) is 17.8 Å². The maximum Gasteiger partial charge on any atom is 0.393 e. The van der Waals surface area contributed by atoms with Gasteiger partial charge in [-0.3, -0.25) is 0 Å². The van der Waals surface area contributed by atoms with Gasteiger partial charge in [-0.2, -0.15) is 18.3 Å². The molecule has 18 heavy (non-hydrogen) atoms. The third-order valence-electron chi connectivity index (χ3n) is 3.12. The van der Waals surface area contributed by atoms with Crippen molar-refractivity contribution < 1.29 is 13.2 Å². The summed E-state index contributed by atoms with van der Waals surface area (Å²) < 4.78 is 38.0. The molecular formula is C11H15F3N4. The monoisotopic (exact) mass is 260 g/mol. The highest BCUT2D eigenvalue weighted by atomic mass is 19.4. The summed E-state index contributed by atoms with van der Waals surface area (Å²) in [6.45, 7) is 0.821.